The quantitative estimate of drug-likeness (QED) is 0.853. The second-order valence-corrected chi connectivity index (χ2v) is 4.86. The number of rotatable bonds is 2. The van der Waals surface area contributed by atoms with Crippen molar-refractivity contribution in [1.82, 2.24) is 0 Å². The van der Waals surface area contributed by atoms with Crippen LogP contribution in [0.5, 0.6) is 0 Å². The van der Waals surface area contributed by atoms with E-state index in [1.165, 1.54) is 0 Å². The summed E-state index contributed by atoms with van der Waals surface area (Å²) in [5.41, 5.74) is 2.42. The number of aryl methyl sites for hydroxylation is 1. The fourth-order valence-electron chi connectivity index (χ4n) is 2.48. The number of carbonyl (C=O) groups is 1. The zero-order valence-electron chi connectivity index (χ0n) is 10.6. The van der Waals surface area contributed by atoms with E-state index in [-0.39, 0.29) is 0 Å². The molecule has 19 heavy (non-hydrogen) atoms. The van der Waals surface area contributed by atoms with Crippen LogP contribution in [0.1, 0.15) is 29.5 Å². The van der Waals surface area contributed by atoms with E-state index >= 15 is 0 Å². The van der Waals surface area contributed by atoms with Crippen molar-refractivity contribution in [3.05, 3.63) is 28.5 Å². The monoisotopic (exact) mass is 279 g/mol. The van der Waals surface area contributed by atoms with Gasteiger partial charge in [-0.3, -0.25) is 0 Å². The van der Waals surface area contributed by atoms with Gasteiger partial charge >= 0.3 is 5.97 Å². The SMILES string of the molecule is CCOC(=O)c1oc2ccc(Cl)c3c2c1CCCN3. The van der Waals surface area contributed by atoms with E-state index < -0.39 is 5.97 Å². The van der Waals surface area contributed by atoms with Gasteiger partial charge in [0.05, 0.1) is 17.3 Å². The molecule has 0 saturated heterocycles. The minimum Gasteiger partial charge on any atom is -0.460 e. The van der Waals surface area contributed by atoms with Gasteiger partial charge in [0.15, 0.2) is 0 Å². The highest BCUT2D eigenvalue weighted by molar-refractivity contribution is 6.35. The summed E-state index contributed by atoms with van der Waals surface area (Å²) in [5.74, 6) is -0.0956. The molecule has 1 aliphatic rings. The Balaban J connectivity index is 2.25. The second kappa shape index (κ2) is 4.78. The maximum atomic E-state index is 12.0. The van der Waals surface area contributed by atoms with Crippen LogP contribution < -0.4 is 5.32 Å². The number of anilines is 1. The summed E-state index contributed by atoms with van der Waals surface area (Å²) in [6.45, 7) is 2.94. The van der Waals surface area contributed by atoms with Crippen molar-refractivity contribution in [2.75, 3.05) is 18.5 Å². The summed E-state index contributed by atoms with van der Waals surface area (Å²) in [6.07, 6.45) is 1.70. The maximum Gasteiger partial charge on any atom is 0.374 e. The van der Waals surface area contributed by atoms with Crippen LogP contribution in [0.3, 0.4) is 0 Å². The first-order valence-corrected chi connectivity index (χ1v) is 6.75. The molecule has 0 fully saturated rings. The van der Waals surface area contributed by atoms with Crippen molar-refractivity contribution < 1.29 is 13.9 Å². The highest BCUT2D eigenvalue weighted by Crippen LogP contribution is 2.39. The van der Waals surface area contributed by atoms with Crippen LogP contribution in [-0.4, -0.2) is 19.1 Å². The lowest BCUT2D eigenvalue weighted by Gasteiger charge is -2.05. The van der Waals surface area contributed by atoms with Crippen molar-refractivity contribution in [1.29, 1.82) is 0 Å². The van der Waals surface area contributed by atoms with Crippen molar-refractivity contribution >= 4 is 34.2 Å². The number of hydrogen-bond donors (Lipinski definition) is 1. The fraction of sp³-hybridized carbons (Fsp3) is 0.357. The molecule has 1 aromatic heterocycles. The third-order valence-corrected chi connectivity index (χ3v) is 3.59. The largest absolute Gasteiger partial charge is 0.460 e. The first-order chi connectivity index (χ1) is 9.22. The zero-order chi connectivity index (χ0) is 13.4. The Kier molecular flexibility index (Phi) is 3.11. The lowest BCUT2D eigenvalue weighted by Crippen LogP contribution is -2.06. The maximum absolute atomic E-state index is 12.0. The number of furan rings is 1. The van der Waals surface area contributed by atoms with E-state index in [2.05, 4.69) is 5.32 Å². The average molecular weight is 280 g/mol. The number of hydrogen-bond acceptors (Lipinski definition) is 4. The summed E-state index contributed by atoms with van der Waals surface area (Å²) >= 11 is 6.21. The Labute approximate surface area is 115 Å². The van der Waals surface area contributed by atoms with Crippen LogP contribution in [0.2, 0.25) is 5.02 Å². The van der Waals surface area contributed by atoms with Gasteiger partial charge in [0.1, 0.15) is 5.58 Å². The normalized spacial score (nSPS) is 14.0. The minimum atomic E-state index is -0.405. The standard InChI is InChI=1S/C14H14ClNO3/c1-2-18-14(17)13-8-4-3-7-16-12-9(15)5-6-10(19-13)11(8)12/h5-6,16H,2-4,7H2,1H3. The van der Waals surface area contributed by atoms with E-state index in [4.69, 9.17) is 20.8 Å². The molecule has 2 aromatic rings. The molecule has 1 N–H and O–H groups in total. The molecule has 0 radical (unpaired) electrons. The third-order valence-electron chi connectivity index (χ3n) is 3.27. The summed E-state index contributed by atoms with van der Waals surface area (Å²) in [4.78, 5) is 12.0. The molecular weight excluding hydrogens is 266 g/mol. The van der Waals surface area contributed by atoms with Gasteiger partial charge in [-0.25, -0.2) is 4.79 Å². The highest BCUT2D eigenvalue weighted by atomic mass is 35.5. The van der Waals surface area contributed by atoms with Gasteiger partial charge < -0.3 is 14.5 Å². The van der Waals surface area contributed by atoms with Crippen LogP contribution in [0.25, 0.3) is 11.0 Å². The topological polar surface area (TPSA) is 51.5 Å². The van der Waals surface area contributed by atoms with Crippen molar-refractivity contribution in [3.8, 4) is 0 Å². The van der Waals surface area contributed by atoms with E-state index in [9.17, 15) is 4.79 Å². The summed E-state index contributed by atoms with van der Waals surface area (Å²) < 4.78 is 10.7. The van der Waals surface area contributed by atoms with Crippen LogP contribution in [0.4, 0.5) is 5.69 Å². The Bertz CT molecular complexity index is 648. The Morgan fingerprint density at radius 2 is 2.37 bits per heavy atom. The predicted molar refractivity (Wildman–Crippen MR) is 74.0 cm³/mol. The van der Waals surface area contributed by atoms with Gasteiger partial charge in [0, 0.05) is 17.5 Å². The highest BCUT2D eigenvalue weighted by Gasteiger charge is 2.25. The van der Waals surface area contributed by atoms with Crippen LogP contribution in [-0.2, 0) is 11.2 Å². The number of nitrogens with one attached hydrogen (secondary N) is 1. The van der Waals surface area contributed by atoms with Gasteiger partial charge in [-0.1, -0.05) is 11.6 Å². The molecule has 0 atom stereocenters. The Hall–Kier alpha value is -1.68. The number of carbonyl (C=O) groups excluding carboxylic acids is 1. The van der Waals surface area contributed by atoms with E-state index in [0.717, 1.165) is 36.0 Å². The van der Waals surface area contributed by atoms with Gasteiger partial charge in [-0.2, -0.15) is 0 Å². The van der Waals surface area contributed by atoms with E-state index in [1.54, 1.807) is 19.1 Å². The van der Waals surface area contributed by atoms with Crippen molar-refractivity contribution in [3.63, 3.8) is 0 Å². The van der Waals surface area contributed by atoms with Gasteiger partial charge in [0.25, 0.3) is 0 Å². The minimum absolute atomic E-state index is 0.309. The Morgan fingerprint density at radius 3 is 3.16 bits per heavy atom. The molecule has 0 saturated carbocycles. The molecule has 2 heterocycles. The summed E-state index contributed by atoms with van der Waals surface area (Å²) in [5, 5.41) is 4.85. The number of esters is 1. The first-order valence-electron chi connectivity index (χ1n) is 6.37. The second-order valence-electron chi connectivity index (χ2n) is 4.46. The molecule has 4 nitrogen and oxygen atoms in total. The number of benzene rings is 1. The number of halogens is 1. The van der Waals surface area contributed by atoms with Crippen molar-refractivity contribution in [2.45, 2.75) is 19.8 Å². The van der Waals surface area contributed by atoms with Crippen molar-refractivity contribution in [2.24, 2.45) is 0 Å². The van der Waals surface area contributed by atoms with E-state index in [0.29, 0.717) is 23.0 Å². The number of ether oxygens (including phenoxy) is 1. The summed E-state index contributed by atoms with van der Waals surface area (Å²) in [7, 11) is 0. The molecular formula is C14H14ClNO3. The molecule has 0 spiro atoms. The lowest BCUT2D eigenvalue weighted by atomic mass is 10.1. The van der Waals surface area contributed by atoms with Gasteiger partial charge in [-0.15, -0.1) is 0 Å². The molecule has 1 aliphatic heterocycles. The molecule has 0 amide bonds. The van der Waals surface area contributed by atoms with Crippen LogP contribution >= 0.6 is 11.6 Å². The van der Waals surface area contributed by atoms with Gasteiger partial charge in [-0.05, 0) is 31.9 Å². The molecule has 0 bridgehead atoms. The molecule has 0 aliphatic carbocycles. The Morgan fingerprint density at radius 1 is 1.53 bits per heavy atom. The molecule has 5 heteroatoms. The third kappa shape index (κ3) is 1.96. The average Bonchev–Trinajstić information content (AvgIpc) is 2.61. The smallest absolute Gasteiger partial charge is 0.374 e. The van der Waals surface area contributed by atoms with Crippen LogP contribution in [0.15, 0.2) is 16.5 Å². The molecule has 3 rings (SSSR count). The van der Waals surface area contributed by atoms with Gasteiger partial charge in [0.2, 0.25) is 5.76 Å². The first kappa shape index (κ1) is 12.4. The lowest BCUT2D eigenvalue weighted by molar-refractivity contribution is 0.0491. The zero-order valence-corrected chi connectivity index (χ0v) is 11.3. The summed E-state index contributed by atoms with van der Waals surface area (Å²) in [6, 6.07) is 3.57. The molecule has 0 unspecified atom stereocenters. The predicted octanol–water partition coefficient (Wildman–Crippen LogP) is 3.62. The molecule has 1 aromatic carbocycles. The molecule has 100 valence electrons. The van der Waals surface area contributed by atoms with Crippen LogP contribution in [0, 0.1) is 0 Å². The van der Waals surface area contributed by atoms with E-state index in [1.807, 2.05) is 0 Å². The fourth-order valence-corrected chi connectivity index (χ4v) is 2.70.